The molecule has 0 aliphatic rings. The Labute approximate surface area is 115 Å². The largest absolute Gasteiger partial charge is 0.481 e. The number of aryl methyl sites for hydroxylation is 2. The van der Waals surface area contributed by atoms with Gasteiger partial charge in [0, 0.05) is 18.2 Å². The SMILES string of the molecule is Cc1cc(C(=O)Nc2ccccc2CCC(=O)O)on1. The van der Waals surface area contributed by atoms with Crippen LogP contribution in [0.25, 0.3) is 0 Å². The van der Waals surface area contributed by atoms with Crippen molar-refractivity contribution in [2.45, 2.75) is 19.8 Å². The van der Waals surface area contributed by atoms with Crippen molar-refractivity contribution in [2.24, 2.45) is 0 Å². The number of carbonyl (C=O) groups is 2. The number of aliphatic carboxylic acids is 1. The summed E-state index contributed by atoms with van der Waals surface area (Å²) < 4.78 is 4.88. The lowest BCUT2D eigenvalue weighted by molar-refractivity contribution is -0.136. The number of para-hydroxylation sites is 1. The molecule has 0 unspecified atom stereocenters. The van der Waals surface area contributed by atoms with E-state index in [0.29, 0.717) is 17.8 Å². The van der Waals surface area contributed by atoms with E-state index in [1.165, 1.54) is 6.07 Å². The Morgan fingerprint density at radius 2 is 2.10 bits per heavy atom. The molecule has 0 bridgehead atoms. The third kappa shape index (κ3) is 3.44. The molecular weight excluding hydrogens is 260 g/mol. The van der Waals surface area contributed by atoms with Gasteiger partial charge in [-0.05, 0) is 25.0 Å². The Bertz CT molecular complexity index is 634. The molecule has 1 amide bonds. The first kappa shape index (κ1) is 13.8. The molecule has 2 aromatic rings. The lowest BCUT2D eigenvalue weighted by Gasteiger charge is -2.08. The Morgan fingerprint density at radius 3 is 2.75 bits per heavy atom. The molecular formula is C14H14N2O4. The van der Waals surface area contributed by atoms with Crippen LogP contribution in [-0.2, 0) is 11.2 Å². The number of anilines is 1. The van der Waals surface area contributed by atoms with Gasteiger partial charge < -0.3 is 14.9 Å². The maximum absolute atomic E-state index is 12.0. The Balaban J connectivity index is 2.12. The molecule has 1 heterocycles. The highest BCUT2D eigenvalue weighted by Gasteiger charge is 2.13. The molecule has 0 spiro atoms. The lowest BCUT2D eigenvalue weighted by Crippen LogP contribution is -2.13. The van der Waals surface area contributed by atoms with Crippen molar-refractivity contribution in [1.29, 1.82) is 0 Å². The van der Waals surface area contributed by atoms with E-state index in [-0.39, 0.29) is 12.2 Å². The van der Waals surface area contributed by atoms with E-state index in [4.69, 9.17) is 9.63 Å². The summed E-state index contributed by atoms with van der Waals surface area (Å²) in [6, 6.07) is 8.61. The summed E-state index contributed by atoms with van der Waals surface area (Å²) in [4.78, 5) is 22.6. The van der Waals surface area contributed by atoms with Gasteiger partial charge in [0.25, 0.3) is 5.91 Å². The average molecular weight is 274 g/mol. The standard InChI is InChI=1S/C14H14N2O4/c1-9-8-12(20-16-9)14(19)15-11-5-3-2-4-10(11)6-7-13(17)18/h2-5,8H,6-7H2,1H3,(H,15,19)(H,17,18). The third-order valence-electron chi connectivity index (χ3n) is 2.73. The molecule has 2 N–H and O–H groups in total. The van der Waals surface area contributed by atoms with Crippen molar-refractivity contribution in [3.05, 3.63) is 47.3 Å². The molecule has 0 saturated heterocycles. The second-order valence-corrected chi connectivity index (χ2v) is 4.34. The number of hydrogen-bond acceptors (Lipinski definition) is 4. The van der Waals surface area contributed by atoms with Crippen LogP contribution in [-0.4, -0.2) is 22.1 Å². The van der Waals surface area contributed by atoms with Crippen LogP contribution in [0.3, 0.4) is 0 Å². The number of carbonyl (C=O) groups excluding carboxylic acids is 1. The molecule has 2 rings (SSSR count). The lowest BCUT2D eigenvalue weighted by atomic mass is 10.1. The third-order valence-corrected chi connectivity index (χ3v) is 2.73. The van der Waals surface area contributed by atoms with Crippen molar-refractivity contribution in [2.75, 3.05) is 5.32 Å². The highest BCUT2D eigenvalue weighted by Crippen LogP contribution is 2.18. The molecule has 6 heteroatoms. The van der Waals surface area contributed by atoms with Gasteiger partial charge in [-0.15, -0.1) is 0 Å². The molecule has 0 fully saturated rings. The minimum atomic E-state index is -0.878. The smallest absolute Gasteiger partial charge is 0.303 e. The van der Waals surface area contributed by atoms with Gasteiger partial charge in [0.05, 0.1) is 5.69 Å². The maximum atomic E-state index is 12.0. The van der Waals surface area contributed by atoms with Crippen LogP contribution >= 0.6 is 0 Å². The zero-order valence-corrected chi connectivity index (χ0v) is 10.9. The van der Waals surface area contributed by atoms with E-state index < -0.39 is 11.9 Å². The summed E-state index contributed by atoms with van der Waals surface area (Å²) in [6.07, 6.45) is 0.357. The normalized spacial score (nSPS) is 10.2. The predicted octanol–water partition coefficient (Wildman–Crippen LogP) is 2.25. The molecule has 0 aliphatic carbocycles. The van der Waals surface area contributed by atoms with E-state index in [0.717, 1.165) is 5.56 Å². The van der Waals surface area contributed by atoms with Gasteiger partial charge in [0.15, 0.2) is 0 Å². The van der Waals surface area contributed by atoms with E-state index in [2.05, 4.69) is 10.5 Å². The Hall–Kier alpha value is -2.63. The number of carboxylic acid groups (broad SMARTS) is 1. The number of rotatable bonds is 5. The van der Waals surface area contributed by atoms with E-state index >= 15 is 0 Å². The van der Waals surface area contributed by atoms with Crippen molar-refractivity contribution in [3.8, 4) is 0 Å². The highest BCUT2D eigenvalue weighted by atomic mass is 16.5. The molecule has 1 aromatic heterocycles. The van der Waals surface area contributed by atoms with E-state index in [9.17, 15) is 9.59 Å². The molecule has 1 aromatic carbocycles. The van der Waals surface area contributed by atoms with Crippen molar-refractivity contribution in [3.63, 3.8) is 0 Å². The second-order valence-electron chi connectivity index (χ2n) is 4.34. The average Bonchev–Trinajstić information content (AvgIpc) is 2.84. The molecule has 0 aliphatic heterocycles. The van der Waals surface area contributed by atoms with Crippen LogP contribution in [0.1, 0.15) is 28.2 Å². The summed E-state index contributed by atoms with van der Waals surface area (Å²) in [7, 11) is 0. The van der Waals surface area contributed by atoms with Gasteiger partial charge in [-0.1, -0.05) is 23.4 Å². The molecule has 0 atom stereocenters. The zero-order chi connectivity index (χ0) is 14.5. The second kappa shape index (κ2) is 6.01. The Kier molecular flexibility index (Phi) is 4.14. The van der Waals surface area contributed by atoms with Crippen molar-refractivity contribution in [1.82, 2.24) is 5.16 Å². The van der Waals surface area contributed by atoms with Crippen LogP contribution in [0.4, 0.5) is 5.69 Å². The summed E-state index contributed by atoms with van der Waals surface area (Å²) in [5.74, 6) is -1.17. The summed E-state index contributed by atoms with van der Waals surface area (Å²) >= 11 is 0. The fraction of sp³-hybridized carbons (Fsp3) is 0.214. The maximum Gasteiger partial charge on any atom is 0.303 e. The number of aromatic nitrogens is 1. The monoisotopic (exact) mass is 274 g/mol. The zero-order valence-electron chi connectivity index (χ0n) is 10.9. The first-order valence-electron chi connectivity index (χ1n) is 6.10. The molecule has 20 heavy (non-hydrogen) atoms. The fourth-order valence-electron chi connectivity index (χ4n) is 1.76. The first-order valence-corrected chi connectivity index (χ1v) is 6.10. The fourth-order valence-corrected chi connectivity index (χ4v) is 1.76. The molecule has 104 valence electrons. The van der Waals surface area contributed by atoms with Crippen LogP contribution in [0.2, 0.25) is 0 Å². The van der Waals surface area contributed by atoms with Crippen molar-refractivity contribution >= 4 is 17.6 Å². The highest BCUT2D eigenvalue weighted by molar-refractivity contribution is 6.02. The van der Waals surface area contributed by atoms with Gasteiger partial charge in [-0.2, -0.15) is 0 Å². The van der Waals surface area contributed by atoms with Gasteiger partial charge >= 0.3 is 5.97 Å². The van der Waals surface area contributed by atoms with Gasteiger partial charge in [0.2, 0.25) is 5.76 Å². The van der Waals surface area contributed by atoms with Gasteiger partial charge in [0.1, 0.15) is 0 Å². The molecule has 0 radical (unpaired) electrons. The van der Waals surface area contributed by atoms with Crippen molar-refractivity contribution < 1.29 is 19.2 Å². The summed E-state index contributed by atoms with van der Waals surface area (Å²) in [5.41, 5.74) is 1.96. The Morgan fingerprint density at radius 1 is 1.35 bits per heavy atom. The quantitative estimate of drug-likeness (QED) is 0.872. The van der Waals surface area contributed by atoms with Crippen LogP contribution in [0, 0.1) is 6.92 Å². The first-order chi connectivity index (χ1) is 9.56. The number of benzene rings is 1. The summed E-state index contributed by atoms with van der Waals surface area (Å²) in [6.45, 7) is 1.72. The summed E-state index contributed by atoms with van der Waals surface area (Å²) in [5, 5.41) is 15.1. The number of amides is 1. The van der Waals surface area contributed by atoms with Gasteiger partial charge in [-0.25, -0.2) is 0 Å². The van der Waals surface area contributed by atoms with Crippen LogP contribution in [0.5, 0.6) is 0 Å². The minimum Gasteiger partial charge on any atom is -0.481 e. The topological polar surface area (TPSA) is 92.4 Å². The number of nitrogens with one attached hydrogen (secondary N) is 1. The molecule has 0 saturated carbocycles. The number of carboxylic acids is 1. The van der Waals surface area contributed by atoms with Crippen LogP contribution < -0.4 is 5.32 Å². The van der Waals surface area contributed by atoms with Crippen LogP contribution in [0.15, 0.2) is 34.9 Å². The molecule has 6 nitrogen and oxygen atoms in total. The van der Waals surface area contributed by atoms with E-state index in [1.807, 2.05) is 0 Å². The van der Waals surface area contributed by atoms with E-state index in [1.54, 1.807) is 31.2 Å². The predicted molar refractivity (Wildman–Crippen MR) is 71.6 cm³/mol. The minimum absolute atomic E-state index is 0.00823. The number of hydrogen-bond donors (Lipinski definition) is 2. The number of nitrogens with zero attached hydrogens (tertiary/aromatic N) is 1. The van der Waals surface area contributed by atoms with Gasteiger partial charge in [-0.3, -0.25) is 9.59 Å².